The summed E-state index contributed by atoms with van der Waals surface area (Å²) in [7, 11) is 1.73. The van der Waals surface area contributed by atoms with Crippen LogP contribution in [0.1, 0.15) is 266 Å². The summed E-state index contributed by atoms with van der Waals surface area (Å²) in [6.07, 6.45) is 44.6. The van der Waals surface area contributed by atoms with Gasteiger partial charge in [-0.15, -0.1) is 0 Å². The Balaban J connectivity index is 2.36. The molecule has 1 N–H and O–H groups in total. The average Bonchev–Trinajstić information content (AvgIpc) is 3.65. The summed E-state index contributed by atoms with van der Waals surface area (Å²) < 4.78 is 36.5. The highest BCUT2D eigenvalue weighted by molar-refractivity contribution is 5.67. The molecule has 1 fully saturated rings. The van der Waals surface area contributed by atoms with E-state index in [-0.39, 0.29) is 36.1 Å². The highest BCUT2D eigenvalue weighted by Crippen LogP contribution is 2.25. The van der Waals surface area contributed by atoms with Crippen molar-refractivity contribution in [1.29, 1.82) is 0 Å². The molecule has 0 aliphatic carbocycles. The van der Waals surface area contributed by atoms with Crippen LogP contribution < -0.4 is 5.32 Å². The third-order valence-corrected chi connectivity index (χ3v) is 13.6. The van der Waals surface area contributed by atoms with E-state index >= 15 is 0 Å². The third-order valence-electron chi connectivity index (χ3n) is 13.6. The van der Waals surface area contributed by atoms with Crippen LogP contribution in [0.15, 0.2) is 0 Å². The van der Waals surface area contributed by atoms with Crippen LogP contribution in [0.3, 0.4) is 0 Å². The first-order valence-electron chi connectivity index (χ1n) is 27.1. The van der Waals surface area contributed by atoms with Crippen LogP contribution >= 0.6 is 0 Å². The average molecular weight is 882 g/mol. The first-order chi connectivity index (χ1) is 30.2. The number of amides is 1. The number of nitrogens with one attached hydrogen (secondary N) is 1. The normalized spacial score (nSPS) is 17.8. The second-order valence-electron chi connectivity index (χ2n) is 19.9. The molecule has 62 heavy (non-hydrogen) atoms. The molecule has 0 aromatic rings. The molecule has 0 saturated carbocycles. The zero-order valence-corrected chi connectivity index (χ0v) is 42.6. The maximum atomic E-state index is 12.8. The Kier molecular flexibility index (Phi) is 39.5. The number of alkyl carbamates (subject to hydrolysis) is 1. The zero-order valence-electron chi connectivity index (χ0n) is 42.6. The highest BCUT2D eigenvalue weighted by atomic mass is 16.6. The number of rotatable bonds is 47. The fourth-order valence-corrected chi connectivity index (χ4v) is 8.54. The Labute approximate surface area is 385 Å². The minimum atomic E-state index is -0.429. The Bertz CT molecular complexity index is 965. The standard InChI is InChI=1S/C54H107NO7/c1-8-11-13-15-17-19-21-23-25-27-29-31-33-35-37-39-44-58-49-47-60-50(48-61-52(56)55-43-41-54(6,10-3)62-46-42-53(4,5)57-7)51(49)59-45-40-38-36-34-32-30-28-26-24-22-20-18-16-14-12-9-2/h49-51H,8-48H2,1-7H3,(H,55,56). The van der Waals surface area contributed by atoms with Crippen molar-refractivity contribution in [3.63, 3.8) is 0 Å². The summed E-state index contributed by atoms with van der Waals surface area (Å²) in [5, 5.41) is 2.94. The molecule has 1 rings (SSSR count). The molecule has 4 unspecified atom stereocenters. The molecular formula is C54H107NO7. The van der Waals surface area contributed by atoms with E-state index in [4.69, 9.17) is 28.4 Å². The van der Waals surface area contributed by atoms with Crippen LogP contribution in [0.4, 0.5) is 4.79 Å². The number of ether oxygens (including phenoxy) is 6. The summed E-state index contributed by atoms with van der Waals surface area (Å²) in [5.41, 5.74) is -0.545. The minimum Gasteiger partial charge on any atom is -0.447 e. The van der Waals surface area contributed by atoms with Crippen molar-refractivity contribution in [2.24, 2.45) is 0 Å². The smallest absolute Gasteiger partial charge is 0.407 e. The van der Waals surface area contributed by atoms with Crippen LogP contribution in [-0.2, 0) is 28.4 Å². The Morgan fingerprint density at radius 3 is 1.35 bits per heavy atom. The van der Waals surface area contributed by atoms with Gasteiger partial charge in [0.15, 0.2) is 0 Å². The molecule has 1 aliphatic rings. The molecule has 1 aliphatic heterocycles. The molecule has 370 valence electrons. The van der Waals surface area contributed by atoms with Gasteiger partial charge in [-0.2, -0.15) is 0 Å². The summed E-state index contributed by atoms with van der Waals surface area (Å²) >= 11 is 0. The number of hydrogen-bond donors (Lipinski definition) is 1. The van der Waals surface area contributed by atoms with Crippen LogP contribution in [0.2, 0.25) is 0 Å². The van der Waals surface area contributed by atoms with Gasteiger partial charge < -0.3 is 33.7 Å². The quantitative estimate of drug-likeness (QED) is 0.0610. The van der Waals surface area contributed by atoms with E-state index in [2.05, 4.69) is 46.9 Å². The highest BCUT2D eigenvalue weighted by Gasteiger charge is 2.40. The summed E-state index contributed by atoms with van der Waals surface area (Å²) in [4.78, 5) is 12.8. The lowest BCUT2D eigenvalue weighted by Gasteiger charge is -2.31. The van der Waals surface area contributed by atoms with E-state index in [0.29, 0.717) is 32.8 Å². The Morgan fingerprint density at radius 1 is 0.548 bits per heavy atom. The minimum absolute atomic E-state index is 0.130. The van der Waals surface area contributed by atoms with Gasteiger partial charge in [0.25, 0.3) is 0 Å². The molecule has 0 bridgehead atoms. The summed E-state index contributed by atoms with van der Waals surface area (Å²) in [6, 6.07) is 0. The number of unbranched alkanes of at least 4 members (excludes halogenated alkanes) is 30. The lowest BCUT2D eigenvalue weighted by Crippen LogP contribution is -2.40. The number of carbonyl (C=O) groups is 1. The Morgan fingerprint density at radius 2 is 0.952 bits per heavy atom. The van der Waals surface area contributed by atoms with Crippen LogP contribution in [0.5, 0.6) is 0 Å². The summed E-state index contributed by atoms with van der Waals surface area (Å²) in [6.45, 7) is 16.1. The second kappa shape index (κ2) is 41.5. The molecule has 1 heterocycles. The molecule has 0 spiro atoms. The molecule has 8 nitrogen and oxygen atoms in total. The van der Waals surface area contributed by atoms with Crippen molar-refractivity contribution < 1.29 is 33.2 Å². The second-order valence-corrected chi connectivity index (χ2v) is 19.9. The lowest BCUT2D eigenvalue weighted by molar-refractivity contribution is -0.0740. The van der Waals surface area contributed by atoms with Gasteiger partial charge in [-0.3, -0.25) is 0 Å². The van der Waals surface area contributed by atoms with Gasteiger partial charge in [-0.1, -0.05) is 213 Å². The van der Waals surface area contributed by atoms with E-state index in [9.17, 15) is 4.79 Å². The van der Waals surface area contributed by atoms with Crippen molar-refractivity contribution in [1.82, 2.24) is 5.32 Å². The van der Waals surface area contributed by atoms with Crippen molar-refractivity contribution in [3.05, 3.63) is 0 Å². The predicted molar refractivity (Wildman–Crippen MR) is 263 cm³/mol. The van der Waals surface area contributed by atoms with Crippen molar-refractivity contribution in [2.45, 2.75) is 296 Å². The number of hydrogen-bond acceptors (Lipinski definition) is 7. The third kappa shape index (κ3) is 34.4. The molecule has 1 amide bonds. The topological polar surface area (TPSA) is 84.5 Å². The van der Waals surface area contributed by atoms with Gasteiger partial charge in [0.05, 0.1) is 24.4 Å². The molecule has 0 aromatic carbocycles. The van der Waals surface area contributed by atoms with Gasteiger partial charge in [-0.05, 0) is 52.9 Å². The maximum absolute atomic E-state index is 12.8. The van der Waals surface area contributed by atoms with E-state index in [1.807, 2.05) is 0 Å². The molecule has 1 saturated heterocycles. The van der Waals surface area contributed by atoms with Crippen molar-refractivity contribution >= 4 is 6.09 Å². The monoisotopic (exact) mass is 882 g/mol. The fourth-order valence-electron chi connectivity index (χ4n) is 8.54. The summed E-state index contributed by atoms with van der Waals surface area (Å²) in [5.74, 6) is 0. The fraction of sp³-hybridized carbons (Fsp3) is 0.981. The molecule has 0 radical (unpaired) electrons. The molecular weight excluding hydrogens is 775 g/mol. The van der Waals surface area contributed by atoms with Crippen molar-refractivity contribution in [2.75, 3.05) is 46.7 Å². The van der Waals surface area contributed by atoms with E-state index < -0.39 is 6.09 Å². The van der Waals surface area contributed by atoms with E-state index in [1.54, 1.807) is 7.11 Å². The van der Waals surface area contributed by atoms with Crippen LogP contribution in [-0.4, -0.2) is 82.3 Å². The first kappa shape index (κ1) is 59.1. The van der Waals surface area contributed by atoms with Gasteiger partial charge in [0.2, 0.25) is 0 Å². The number of methoxy groups -OCH3 is 1. The van der Waals surface area contributed by atoms with Gasteiger partial charge in [0, 0.05) is 26.9 Å². The molecule has 4 atom stereocenters. The van der Waals surface area contributed by atoms with E-state index in [1.165, 1.54) is 193 Å². The molecule has 0 aromatic heterocycles. The predicted octanol–water partition coefficient (Wildman–Crippen LogP) is 15.8. The number of carbonyl (C=O) groups excluding carboxylic acids is 1. The molecule has 8 heteroatoms. The van der Waals surface area contributed by atoms with Gasteiger partial charge in [-0.25, -0.2) is 4.79 Å². The van der Waals surface area contributed by atoms with Gasteiger partial charge >= 0.3 is 6.09 Å². The maximum Gasteiger partial charge on any atom is 0.407 e. The van der Waals surface area contributed by atoms with Crippen LogP contribution in [0, 0.1) is 0 Å². The Hall–Kier alpha value is -0.930. The van der Waals surface area contributed by atoms with Crippen LogP contribution in [0.25, 0.3) is 0 Å². The van der Waals surface area contributed by atoms with Gasteiger partial charge in [0.1, 0.15) is 24.9 Å². The van der Waals surface area contributed by atoms with Crippen molar-refractivity contribution in [3.8, 4) is 0 Å². The lowest BCUT2D eigenvalue weighted by atomic mass is 9.98. The largest absolute Gasteiger partial charge is 0.447 e. The van der Waals surface area contributed by atoms with E-state index in [0.717, 1.165) is 32.3 Å². The zero-order chi connectivity index (χ0) is 45.3. The SMILES string of the molecule is CCCCCCCCCCCCCCCCCCOC1COC(COC(=O)NCCC(C)(CC)OCCC(C)(C)OC)C1OCCCCCCCCCCCCCCCCCC. The first-order valence-corrected chi connectivity index (χ1v) is 27.1.